The second-order valence-electron chi connectivity index (χ2n) is 7.37. The van der Waals surface area contributed by atoms with E-state index in [0.29, 0.717) is 5.92 Å². The van der Waals surface area contributed by atoms with Crippen molar-refractivity contribution < 1.29 is 9.53 Å². The summed E-state index contributed by atoms with van der Waals surface area (Å²) in [4.78, 5) is 19.0. The zero-order valence-electron chi connectivity index (χ0n) is 16.2. The molecule has 0 aliphatic carbocycles. The van der Waals surface area contributed by atoms with Gasteiger partial charge in [-0.3, -0.25) is 9.69 Å². The van der Waals surface area contributed by atoms with E-state index in [2.05, 4.69) is 48.0 Å². The monoisotopic (exact) mass is 355 g/mol. The fraction of sp³-hybridized carbons (Fsp3) is 0.524. The fourth-order valence-electron chi connectivity index (χ4n) is 4.05. The van der Waals surface area contributed by atoms with Gasteiger partial charge >= 0.3 is 5.97 Å². The average molecular weight is 355 g/mol. The second kappa shape index (κ2) is 8.04. The minimum absolute atomic E-state index is 0.116. The zero-order valence-corrected chi connectivity index (χ0v) is 16.2. The Bertz CT molecular complexity index is 755. The maximum Gasteiger partial charge on any atom is 0.310 e. The molecule has 0 radical (unpaired) electrons. The summed E-state index contributed by atoms with van der Waals surface area (Å²) in [7, 11) is 3.46. The molecule has 3 atom stereocenters. The number of carbonyl (C=O) groups excluding carboxylic acids is 1. The lowest BCUT2D eigenvalue weighted by atomic mass is 9.93. The lowest BCUT2D eigenvalue weighted by molar-refractivity contribution is -0.145. The van der Waals surface area contributed by atoms with Crippen LogP contribution in [0, 0.1) is 5.92 Å². The first-order chi connectivity index (χ1) is 12.5. The van der Waals surface area contributed by atoms with Gasteiger partial charge in [0.15, 0.2) is 0 Å². The van der Waals surface area contributed by atoms with E-state index in [-0.39, 0.29) is 17.8 Å². The van der Waals surface area contributed by atoms with Gasteiger partial charge in [0.05, 0.1) is 19.4 Å². The molecule has 0 saturated carbocycles. The molecule has 3 rings (SSSR count). The topological polar surface area (TPSA) is 47.4 Å². The smallest absolute Gasteiger partial charge is 0.310 e. The van der Waals surface area contributed by atoms with E-state index in [9.17, 15) is 4.79 Å². The predicted octanol–water partition coefficient (Wildman–Crippen LogP) is 3.32. The van der Waals surface area contributed by atoms with Crippen LogP contribution < -0.4 is 0 Å². The van der Waals surface area contributed by atoms with Gasteiger partial charge in [0.1, 0.15) is 0 Å². The number of rotatable bonds is 6. The van der Waals surface area contributed by atoms with Crippen molar-refractivity contribution in [1.82, 2.24) is 14.5 Å². The number of aromatic nitrogens is 2. The highest BCUT2D eigenvalue weighted by Gasteiger charge is 2.40. The van der Waals surface area contributed by atoms with Crippen LogP contribution in [-0.2, 0) is 23.1 Å². The third-order valence-corrected chi connectivity index (χ3v) is 5.73. The largest absolute Gasteiger partial charge is 0.469 e. The molecule has 26 heavy (non-hydrogen) atoms. The number of nitrogens with zero attached hydrogens (tertiary/aromatic N) is 3. The molecule has 1 unspecified atom stereocenters. The van der Waals surface area contributed by atoms with Crippen LogP contribution in [0.2, 0.25) is 0 Å². The Morgan fingerprint density at radius 2 is 2.12 bits per heavy atom. The summed E-state index contributed by atoms with van der Waals surface area (Å²) >= 11 is 0. The van der Waals surface area contributed by atoms with Crippen molar-refractivity contribution >= 4 is 5.97 Å². The molecule has 0 bridgehead atoms. The van der Waals surface area contributed by atoms with Crippen molar-refractivity contribution in [3.05, 3.63) is 53.6 Å². The Hall–Kier alpha value is -2.14. The van der Waals surface area contributed by atoms with Gasteiger partial charge in [0.2, 0.25) is 0 Å². The number of hydrogen-bond donors (Lipinski definition) is 0. The molecule has 1 aromatic carbocycles. The van der Waals surface area contributed by atoms with Crippen molar-refractivity contribution in [2.45, 2.75) is 38.6 Å². The molecule has 1 aromatic heterocycles. The standard InChI is InChI=1S/C21H29N3O2/c1-5-15(2)17-9-7-6-8-16(17)11-24-12-18(19(13-24)21(25)26-4)20-10-22-14-23(20)3/h6-10,14-15,18-19H,5,11-13H2,1-4H3/t15?,18-,19-/m0/s1. The molecule has 2 heterocycles. The predicted molar refractivity (Wildman–Crippen MR) is 102 cm³/mol. The van der Waals surface area contributed by atoms with Crippen molar-refractivity contribution in [2.24, 2.45) is 13.0 Å². The van der Waals surface area contributed by atoms with Crippen LogP contribution in [0.25, 0.3) is 0 Å². The number of hydrogen-bond acceptors (Lipinski definition) is 4. The summed E-state index contributed by atoms with van der Waals surface area (Å²) in [5.74, 6) is 0.379. The highest BCUT2D eigenvalue weighted by molar-refractivity contribution is 5.74. The number of imidazole rings is 1. The third-order valence-electron chi connectivity index (χ3n) is 5.73. The normalized spacial score (nSPS) is 21.7. The van der Waals surface area contributed by atoms with E-state index in [0.717, 1.165) is 31.7 Å². The quantitative estimate of drug-likeness (QED) is 0.746. The van der Waals surface area contributed by atoms with Gasteiger partial charge in [-0.05, 0) is 23.5 Å². The molecule has 1 saturated heterocycles. The molecule has 5 heteroatoms. The van der Waals surface area contributed by atoms with Gasteiger partial charge in [-0.2, -0.15) is 0 Å². The molecular weight excluding hydrogens is 326 g/mol. The van der Waals surface area contributed by atoms with Gasteiger partial charge in [0.25, 0.3) is 0 Å². The van der Waals surface area contributed by atoms with Gasteiger partial charge in [-0.1, -0.05) is 38.1 Å². The SMILES string of the molecule is CCC(C)c1ccccc1CN1C[C@H](C(=O)OC)[C@@H](c2cncn2C)C1. The van der Waals surface area contributed by atoms with Crippen molar-refractivity contribution in [3.8, 4) is 0 Å². The third kappa shape index (κ3) is 3.68. The van der Waals surface area contributed by atoms with E-state index >= 15 is 0 Å². The molecule has 2 aromatic rings. The fourth-order valence-corrected chi connectivity index (χ4v) is 4.05. The molecule has 1 aliphatic rings. The maximum atomic E-state index is 12.4. The van der Waals surface area contributed by atoms with Crippen LogP contribution in [0.4, 0.5) is 0 Å². The first-order valence-electron chi connectivity index (χ1n) is 9.39. The summed E-state index contributed by atoms with van der Waals surface area (Å²) in [6.07, 6.45) is 4.79. The van der Waals surface area contributed by atoms with Crippen LogP contribution in [0.1, 0.15) is 48.9 Å². The Morgan fingerprint density at radius 3 is 2.77 bits per heavy atom. The summed E-state index contributed by atoms with van der Waals surface area (Å²) in [6.45, 7) is 6.93. The lowest BCUT2D eigenvalue weighted by Gasteiger charge is -2.20. The van der Waals surface area contributed by atoms with Crippen LogP contribution in [0.3, 0.4) is 0 Å². The van der Waals surface area contributed by atoms with E-state index in [1.807, 2.05) is 17.8 Å². The van der Waals surface area contributed by atoms with Gasteiger partial charge in [0, 0.05) is 44.5 Å². The number of aryl methyl sites for hydroxylation is 1. The highest BCUT2D eigenvalue weighted by atomic mass is 16.5. The number of carbonyl (C=O) groups is 1. The molecular formula is C21H29N3O2. The Morgan fingerprint density at radius 1 is 1.35 bits per heavy atom. The Balaban J connectivity index is 1.82. The number of benzene rings is 1. The molecule has 0 N–H and O–H groups in total. The highest BCUT2D eigenvalue weighted by Crippen LogP contribution is 2.35. The van der Waals surface area contributed by atoms with E-state index < -0.39 is 0 Å². The minimum atomic E-state index is -0.147. The van der Waals surface area contributed by atoms with E-state index in [4.69, 9.17) is 4.74 Å². The zero-order chi connectivity index (χ0) is 18.7. The van der Waals surface area contributed by atoms with Crippen molar-refractivity contribution in [3.63, 3.8) is 0 Å². The van der Waals surface area contributed by atoms with E-state index in [1.54, 1.807) is 6.33 Å². The number of ether oxygens (including phenoxy) is 1. The maximum absolute atomic E-state index is 12.4. The molecule has 5 nitrogen and oxygen atoms in total. The second-order valence-corrected chi connectivity index (χ2v) is 7.37. The van der Waals surface area contributed by atoms with Crippen LogP contribution in [-0.4, -0.2) is 40.6 Å². The lowest BCUT2D eigenvalue weighted by Crippen LogP contribution is -2.25. The minimum Gasteiger partial charge on any atom is -0.469 e. The first kappa shape index (κ1) is 18.6. The van der Waals surface area contributed by atoms with E-state index in [1.165, 1.54) is 18.2 Å². The van der Waals surface area contributed by atoms with Gasteiger partial charge in [-0.25, -0.2) is 4.98 Å². The number of esters is 1. The van der Waals surface area contributed by atoms with Gasteiger partial charge in [-0.15, -0.1) is 0 Å². The summed E-state index contributed by atoms with van der Waals surface area (Å²) in [6, 6.07) is 8.67. The number of methoxy groups -OCH3 is 1. The molecule has 140 valence electrons. The summed E-state index contributed by atoms with van der Waals surface area (Å²) in [5, 5.41) is 0. The Kier molecular flexibility index (Phi) is 5.77. The van der Waals surface area contributed by atoms with Crippen LogP contribution in [0.5, 0.6) is 0 Å². The van der Waals surface area contributed by atoms with Crippen LogP contribution in [0.15, 0.2) is 36.8 Å². The molecule has 0 amide bonds. The van der Waals surface area contributed by atoms with Crippen molar-refractivity contribution in [1.29, 1.82) is 0 Å². The molecule has 1 aliphatic heterocycles. The summed E-state index contributed by atoms with van der Waals surface area (Å²) in [5.41, 5.74) is 3.86. The molecule has 1 fully saturated rings. The molecule has 0 spiro atoms. The average Bonchev–Trinajstić information content (AvgIpc) is 3.26. The van der Waals surface area contributed by atoms with Crippen LogP contribution >= 0.6 is 0 Å². The van der Waals surface area contributed by atoms with Gasteiger partial charge < -0.3 is 9.30 Å². The summed E-state index contributed by atoms with van der Waals surface area (Å²) < 4.78 is 7.10. The first-order valence-corrected chi connectivity index (χ1v) is 9.39. The van der Waals surface area contributed by atoms with Crippen molar-refractivity contribution in [2.75, 3.05) is 20.2 Å². The number of likely N-dealkylation sites (tertiary alicyclic amines) is 1. The Labute approximate surface area is 156 Å².